The highest BCUT2D eigenvalue weighted by Gasteiger charge is 2.19. The standard InChI is InChI=1S/C16H15Cl2N3/c1-19-15-6-5-12(18)10-14(15)16-7-8-21(20-16)13-4-2-3-11(17)9-13/h2-6,9-10,19H,7-8H2,1H3. The Morgan fingerprint density at radius 2 is 1.90 bits per heavy atom. The van der Waals surface area contributed by atoms with Gasteiger partial charge in [0.05, 0.1) is 11.4 Å². The van der Waals surface area contributed by atoms with Crippen LogP contribution < -0.4 is 10.3 Å². The van der Waals surface area contributed by atoms with E-state index in [4.69, 9.17) is 28.3 Å². The quantitative estimate of drug-likeness (QED) is 0.891. The topological polar surface area (TPSA) is 27.6 Å². The molecule has 0 aromatic heterocycles. The first kappa shape index (κ1) is 14.2. The molecule has 3 rings (SSSR count). The maximum absolute atomic E-state index is 6.11. The number of anilines is 2. The first-order valence-electron chi connectivity index (χ1n) is 6.75. The molecule has 0 radical (unpaired) electrons. The molecule has 0 amide bonds. The van der Waals surface area contributed by atoms with Crippen molar-refractivity contribution in [3.63, 3.8) is 0 Å². The summed E-state index contributed by atoms with van der Waals surface area (Å²) in [4.78, 5) is 0. The zero-order valence-electron chi connectivity index (χ0n) is 11.6. The molecule has 3 nitrogen and oxygen atoms in total. The average molecular weight is 320 g/mol. The lowest BCUT2D eigenvalue weighted by molar-refractivity contribution is 0.922. The van der Waals surface area contributed by atoms with Crippen LogP contribution in [0.2, 0.25) is 10.0 Å². The molecule has 0 unspecified atom stereocenters. The van der Waals surface area contributed by atoms with Crippen molar-refractivity contribution in [2.45, 2.75) is 6.42 Å². The Bertz CT molecular complexity index is 698. The van der Waals surface area contributed by atoms with Crippen molar-refractivity contribution in [2.75, 3.05) is 23.9 Å². The maximum Gasteiger partial charge on any atom is 0.0721 e. The number of rotatable bonds is 3. The first-order valence-corrected chi connectivity index (χ1v) is 7.51. The van der Waals surface area contributed by atoms with Crippen molar-refractivity contribution < 1.29 is 0 Å². The number of hydrogen-bond acceptors (Lipinski definition) is 3. The minimum Gasteiger partial charge on any atom is -0.388 e. The van der Waals surface area contributed by atoms with E-state index in [1.807, 2.05) is 54.5 Å². The Morgan fingerprint density at radius 3 is 2.67 bits per heavy atom. The smallest absolute Gasteiger partial charge is 0.0721 e. The molecule has 1 N–H and O–H groups in total. The van der Waals surface area contributed by atoms with Gasteiger partial charge in [-0.15, -0.1) is 0 Å². The van der Waals surface area contributed by atoms with Crippen molar-refractivity contribution in [2.24, 2.45) is 5.10 Å². The molecule has 0 fully saturated rings. The Kier molecular flexibility index (Phi) is 4.04. The monoisotopic (exact) mass is 319 g/mol. The molecule has 5 heteroatoms. The third kappa shape index (κ3) is 2.99. The van der Waals surface area contributed by atoms with Gasteiger partial charge in [-0.25, -0.2) is 0 Å². The van der Waals surface area contributed by atoms with Crippen LogP contribution in [0.3, 0.4) is 0 Å². The Hall–Kier alpha value is -1.71. The van der Waals surface area contributed by atoms with E-state index in [1.165, 1.54) is 0 Å². The first-order chi connectivity index (χ1) is 10.2. The molecule has 2 aromatic rings. The van der Waals surface area contributed by atoms with Gasteiger partial charge < -0.3 is 5.32 Å². The Balaban J connectivity index is 1.94. The summed E-state index contributed by atoms with van der Waals surface area (Å²) in [7, 11) is 1.90. The fraction of sp³-hybridized carbons (Fsp3) is 0.188. The summed E-state index contributed by atoms with van der Waals surface area (Å²) in [5, 5.41) is 11.3. The van der Waals surface area contributed by atoms with Gasteiger partial charge in [0.2, 0.25) is 0 Å². The fourth-order valence-corrected chi connectivity index (χ4v) is 2.80. The van der Waals surface area contributed by atoms with E-state index in [1.54, 1.807) is 0 Å². The van der Waals surface area contributed by atoms with Gasteiger partial charge >= 0.3 is 0 Å². The lowest BCUT2D eigenvalue weighted by Crippen LogP contribution is -2.11. The minimum atomic E-state index is 0.716. The fourth-order valence-electron chi connectivity index (χ4n) is 2.44. The molecule has 0 spiro atoms. The molecule has 108 valence electrons. The Morgan fingerprint density at radius 1 is 1.10 bits per heavy atom. The highest BCUT2D eigenvalue weighted by molar-refractivity contribution is 6.31. The molecule has 0 aliphatic carbocycles. The molecular formula is C16H15Cl2N3. The van der Waals surface area contributed by atoms with Crippen LogP contribution in [0.1, 0.15) is 12.0 Å². The number of hydrogen-bond donors (Lipinski definition) is 1. The van der Waals surface area contributed by atoms with Gasteiger partial charge in [0, 0.05) is 41.3 Å². The second-order valence-electron chi connectivity index (χ2n) is 4.84. The van der Waals surface area contributed by atoms with Crippen LogP contribution in [0.4, 0.5) is 11.4 Å². The number of hydrazone groups is 1. The predicted octanol–water partition coefficient (Wildman–Crippen LogP) is 4.65. The summed E-state index contributed by atoms with van der Waals surface area (Å²) in [5.41, 5.74) is 4.12. The Labute approximate surface area is 134 Å². The average Bonchev–Trinajstić information content (AvgIpc) is 2.97. The number of halogens is 2. The predicted molar refractivity (Wildman–Crippen MR) is 91.0 cm³/mol. The van der Waals surface area contributed by atoms with Gasteiger partial charge in [-0.05, 0) is 36.4 Å². The van der Waals surface area contributed by atoms with Gasteiger partial charge in [-0.1, -0.05) is 29.3 Å². The molecule has 21 heavy (non-hydrogen) atoms. The molecule has 0 saturated heterocycles. The van der Waals surface area contributed by atoms with E-state index in [9.17, 15) is 0 Å². The van der Waals surface area contributed by atoms with Crippen molar-refractivity contribution in [1.82, 2.24) is 0 Å². The molecule has 2 aromatic carbocycles. The highest BCUT2D eigenvalue weighted by atomic mass is 35.5. The van der Waals surface area contributed by atoms with E-state index in [-0.39, 0.29) is 0 Å². The van der Waals surface area contributed by atoms with Gasteiger partial charge in [-0.3, -0.25) is 5.01 Å². The van der Waals surface area contributed by atoms with E-state index >= 15 is 0 Å². The lowest BCUT2D eigenvalue weighted by atomic mass is 10.1. The van der Waals surface area contributed by atoms with Crippen LogP contribution in [0.5, 0.6) is 0 Å². The highest BCUT2D eigenvalue weighted by Crippen LogP contribution is 2.28. The number of benzene rings is 2. The van der Waals surface area contributed by atoms with Crippen LogP contribution in [0, 0.1) is 0 Å². The second-order valence-corrected chi connectivity index (χ2v) is 5.71. The van der Waals surface area contributed by atoms with E-state index in [2.05, 4.69) is 5.32 Å². The van der Waals surface area contributed by atoms with Gasteiger partial charge in [0.15, 0.2) is 0 Å². The normalized spacial score (nSPS) is 14.2. The summed E-state index contributed by atoms with van der Waals surface area (Å²) < 4.78 is 0. The zero-order valence-corrected chi connectivity index (χ0v) is 13.1. The minimum absolute atomic E-state index is 0.716. The SMILES string of the molecule is CNc1ccc(Cl)cc1C1=NN(c2cccc(Cl)c2)CC1. The van der Waals surface area contributed by atoms with Crippen molar-refractivity contribution in [3.05, 3.63) is 58.1 Å². The third-order valence-electron chi connectivity index (χ3n) is 3.47. The van der Waals surface area contributed by atoms with Crippen LogP contribution in [-0.2, 0) is 0 Å². The van der Waals surface area contributed by atoms with E-state index < -0.39 is 0 Å². The molecule has 1 heterocycles. The van der Waals surface area contributed by atoms with Gasteiger partial charge in [0.1, 0.15) is 0 Å². The van der Waals surface area contributed by atoms with Crippen LogP contribution in [-0.4, -0.2) is 19.3 Å². The molecule has 1 aliphatic rings. The number of nitrogens with zero attached hydrogens (tertiary/aromatic N) is 2. The molecule has 0 bridgehead atoms. The second kappa shape index (κ2) is 5.96. The summed E-state index contributed by atoms with van der Waals surface area (Å²) in [6.45, 7) is 0.839. The molecule has 0 atom stereocenters. The van der Waals surface area contributed by atoms with E-state index in [0.717, 1.165) is 40.6 Å². The molecular weight excluding hydrogens is 305 g/mol. The number of nitrogens with one attached hydrogen (secondary N) is 1. The van der Waals surface area contributed by atoms with Crippen LogP contribution >= 0.6 is 23.2 Å². The summed E-state index contributed by atoms with van der Waals surface area (Å²) >= 11 is 12.2. The summed E-state index contributed by atoms with van der Waals surface area (Å²) in [5.74, 6) is 0. The van der Waals surface area contributed by atoms with Crippen LogP contribution in [0.25, 0.3) is 0 Å². The van der Waals surface area contributed by atoms with Gasteiger partial charge in [0.25, 0.3) is 0 Å². The third-order valence-corrected chi connectivity index (χ3v) is 3.94. The summed E-state index contributed by atoms with van der Waals surface area (Å²) in [6.07, 6.45) is 0.877. The van der Waals surface area contributed by atoms with Crippen molar-refractivity contribution >= 4 is 40.3 Å². The summed E-state index contributed by atoms with van der Waals surface area (Å²) in [6, 6.07) is 13.5. The van der Waals surface area contributed by atoms with Crippen molar-refractivity contribution in [3.8, 4) is 0 Å². The van der Waals surface area contributed by atoms with Crippen LogP contribution in [0.15, 0.2) is 47.6 Å². The largest absolute Gasteiger partial charge is 0.388 e. The van der Waals surface area contributed by atoms with E-state index in [0.29, 0.717) is 5.02 Å². The zero-order chi connectivity index (χ0) is 14.8. The molecule has 0 saturated carbocycles. The lowest BCUT2D eigenvalue weighted by Gasteiger charge is -2.13. The van der Waals surface area contributed by atoms with Crippen molar-refractivity contribution in [1.29, 1.82) is 0 Å². The molecule has 1 aliphatic heterocycles. The van der Waals surface area contributed by atoms with Gasteiger partial charge in [-0.2, -0.15) is 5.10 Å². The maximum atomic E-state index is 6.11.